The number of aromatic hydroxyl groups is 1. The van der Waals surface area contributed by atoms with E-state index in [4.69, 9.17) is 0 Å². The number of nitrogens with one attached hydrogen (secondary N) is 2. The molecule has 6 heteroatoms. The molecule has 0 radical (unpaired) electrons. The fraction of sp³-hybridized carbons (Fsp3) is 0.355. The van der Waals surface area contributed by atoms with Crippen molar-refractivity contribution in [2.24, 2.45) is 0 Å². The molecule has 1 atom stereocenters. The molecule has 3 aromatic carbocycles. The fourth-order valence-corrected chi connectivity index (χ4v) is 5.09. The summed E-state index contributed by atoms with van der Waals surface area (Å²) in [6.07, 6.45) is 3.55. The van der Waals surface area contributed by atoms with Crippen molar-refractivity contribution >= 4 is 11.8 Å². The quantitative estimate of drug-likeness (QED) is 0.398. The standard InChI is InChI=1S/C31H37N3O3/c1-23(35)33-17-16-26-7-3-5-9-28(26)21-27-8-4-2-6-25(27)12-15-31(37)34-19-18-32-22-29(34)20-24-10-13-30(36)14-11-24/h2-11,13-14,29,32,36H,12,15-22H2,1H3,(H,33,35)/t29-/m1/s1. The zero-order valence-electron chi connectivity index (χ0n) is 21.6. The van der Waals surface area contributed by atoms with Crippen LogP contribution in [0.3, 0.4) is 0 Å². The molecule has 1 heterocycles. The van der Waals surface area contributed by atoms with Gasteiger partial charge in [-0.2, -0.15) is 0 Å². The van der Waals surface area contributed by atoms with Crippen molar-refractivity contribution < 1.29 is 14.7 Å². The fourth-order valence-electron chi connectivity index (χ4n) is 5.09. The number of carbonyl (C=O) groups is 2. The van der Waals surface area contributed by atoms with Crippen LogP contribution >= 0.6 is 0 Å². The van der Waals surface area contributed by atoms with Gasteiger partial charge in [0.15, 0.2) is 0 Å². The maximum absolute atomic E-state index is 13.3. The maximum atomic E-state index is 13.3. The van der Waals surface area contributed by atoms with Gasteiger partial charge in [-0.3, -0.25) is 9.59 Å². The maximum Gasteiger partial charge on any atom is 0.223 e. The van der Waals surface area contributed by atoms with Crippen LogP contribution in [-0.2, 0) is 35.3 Å². The van der Waals surface area contributed by atoms with Gasteiger partial charge in [-0.25, -0.2) is 0 Å². The number of phenolic OH excluding ortho intramolecular Hbond substituents is 1. The molecule has 1 aliphatic heterocycles. The summed E-state index contributed by atoms with van der Waals surface area (Å²) < 4.78 is 0. The van der Waals surface area contributed by atoms with Crippen molar-refractivity contribution in [2.45, 2.75) is 45.1 Å². The van der Waals surface area contributed by atoms with Gasteiger partial charge >= 0.3 is 0 Å². The molecule has 6 nitrogen and oxygen atoms in total. The van der Waals surface area contributed by atoms with Gasteiger partial charge in [0.2, 0.25) is 11.8 Å². The SMILES string of the molecule is CC(=O)NCCc1ccccc1Cc1ccccc1CCC(=O)N1CCNC[C@H]1Cc1ccc(O)cc1. The van der Waals surface area contributed by atoms with Gasteiger partial charge in [-0.1, -0.05) is 60.7 Å². The second-order valence-electron chi connectivity index (χ2n) is 9.76. The minimum Gasteiger partial charge on any atom is -0.508 e. The summed E-state index contributed by atoms with van der Waals surface area (Å²) in [5.41, 5.74) is 6.05. The highest BCUT2D eigenvalue weighted by Gasteiger charge is 2.26. The van der Waals surface area contributed by atoms with Crippen LogP contribution in [0.5, 0.6) is 5.75 Å². The molecule has 0 spiro atoms. The largest absolute Gasteiger partial charge is 0.508 e. The third kappa shape index (κ3) is 7.67. The molecule has 194 valence electrons. The second kappa shape index (κ2) is 13.1. The van der Waals surface area contributed by atoms with Crippen molar-refractivity contribution in [1.29, 1.82) is 0 Å². The first-order valence-corrected chi connectivity index (χ1v) is 13.2. The molecule has 37 heavy (non-hydrogen) atoms. The minimum absolute atomic E-state index is 0.0118. The third-order valence-electron chi connectivity index (χ3n) is 7.07. The number of amides is 2. The first-order chi connectivity index (χ1) is 18.0. The Bertz CT molecular complexity index is 1190. The van der Waals surface area contributed by atoms with Crippen LogP contribution in [-0.4, -0.2) is 54.0 Å². The highest BCUT2D eigenvalue weighted by molar-refractivity contribution is 5.77. The Hall–Kier alpha value is -3.64. The zero-order chi connectivity index (χ0) is 26.0. The van der Waals surface area contributed by atoms with E-state index >= 15 is 0 Å². The molecule has 0 unspecified atom stereocenters. The smallest absolute Gasteiger partial charge is 0.223 e. The Kier molecular flexibility index (Phi) is 9.33. The van der Waals surface area contributed by atoms with Gasteiger partial charge in [-0.05, 0) is 65.6 Å². The van der Waals surface area contributed by atoms with Crippen LogP contribution in [0.1, 0.15) is 41.2 Å². The molecule has 0 aromatic heterocycles. The summed E-state index contributed by atoms with van der Waals surface area (Å²) in [5, 5.41) is 15.9. The lowest BCUT2D eigenvalue weighted by atomic mass is 9.93. The number of hydrogen-bond acceptors (Lipinski definition) is 4. The molecule has 4 rings (SSSR count). The number of phenols is 1. The Labute approximate surface area is 219 Å². The van der Waals surface area contributed by atoms with E-state index in [9.17, 15) is 14.7 Å². The number of carbonyl (C=O) groups excluding carboxylic acids is 2. The average molecular weight is 500 g/mol. The summed E-state index contributed by atoms with van der Waals surface area (Å²) in [5.74, 6) is 0.436. The summed E-state index contributed by atoms with van der Waals surface area (Å²) in [6, 6.07) is 24.1. The van der Waals surface area contributed by atoms with Crippen molar-refractivity contribution in [3.63, 3.8) is 0 Å². The van der Waals surface area contributed by atoms with Gasteiger partial charge in [0.25, 0.3) is 0 Å². The highest BCUT2D eigenvalue weighted by atomic mass is 16.3. The van der Waals surface area contributed by atoms with E-state index in [2.05, 4.69) is 47.0 Å². The van der Waals surface area contributed by atoms with Crippen LogP contribution in [0.25, 0.3) is 0 Å². The summed E-state index contributed by atoms with van der Waals surface area (Å²) in [7, 11) is 0. The number of aryl methyl sites for hydroxylation is 1. The number of hydrogen-bond donors (Lipinski definition) is 3. The van der Waals surface area contributed by atoms with E-state index < -0.39 is 0 Å². The van der Waals surface area contributed by atoms with Crippen LogP contribution in [0, 0.1) is 0 Å². The van der Waals surface area contributed by atoms with E-state index in [0.717, 1.165) is 37.9 Å². The lowest BCUT2D eigenvalue weighted by molar-refractivity contribution is -0.134. The molecule has 3 aromatic rings. The van der Waals surface area contributed by atoms with Crippen LogP contribution in [0.15, 0.2) is 72.8 Å². The van der Waals surface area contributed by atoms with Crippen molar-refractivity contribution in [3.8, 4) is 5.75 Å². The lowest BCUT2D eigenvalue weighted by Crippen LogP contribution is -2.54. The first-order valence-electron chi connectivity index (χ1n) is 13.2. The molecule has 0 saturated carbocycles. The molecule has 3 N–H and O–H groups in total. The second-order valence-corrected chi connectivity index (χ2v) is 9.76. The number of nitrogens with zero attached hydrogens (tertiary/aromatic N) is 1. The summed E-state index contributed by atoms with van der Waals surface area (Å²) in [6.45, 7) is 4.46. The highest BCUT2D eigenvalue weighted by Crippen LogP contribution is 2.21. The topological polar surface area (TPSA) is 81.7 Å². The Balaban J connectivity index is 1.40. The molecule has 0 bridgehead atoms. The van der Waals surface area contributed by atoms with Crippen LogP contribution in [0.4, 0.5) is 0 Å². The van der Waals surface area contributed by atoms with Crippen molar-refractivity contribution in [3.05, 3.63) is 101 Å². The normalized spacial score (nSPS) is 15.4. The Morgan fingerprint density at radius 2 is 1.54 bits per heavy atom. The van der Waals surface area contributed by atoms with Crippen molar-refractivity contribution in [1.82, 2.24) is 15.5 Å². The van der Waals surface area contributed by atoms with Crippen LogP contribution < -0.4 is 10.6 Å². The van der Waals surface area contributed by atoms with Crippen LogP contribution in [0.2, 0.25) is 0 Å². The molecule has 1 saturated heterocycles. The van der Waals surface area contributed by atoms with E-state index in [0.29, 0.717) is 25.9 Å². The Morgan fingerprint density at radius 3 is 2.19 bits per heavy atom. The number of benzene rings is 3. The van der Waals surface area contributed by atoms with Crippen molar-refractivity contribution in [2.75, 3.05) is 26.2 Å². The molecule has 0 aliphatic carbocycles. The van der Waals surface area contributed by atoms with E-state index in [1.807, 2.05) is 29.2 Å². The number of rotatable bonds is 10. The third-order valence-corrected chi connectivity index (χ3v) is 7.07. The van der Waals surface area contributed by atoms with Gasteiger partial charge in [-0.15, -0.1) is 0 Å². The summed E-state index contributed by atoms with van der Waals surface area (Å²) in [4.78, 5) is 26.6. The van der Waals surface area contributed by atoms with Gasteiger partial charge < -0.3 is 20.6 Å². The number of piperazine rings is 1. The van der Waals surface area contributed by atoms with Gasteiger partial charge in [0.1, 0.15) is 5.75 Å². The summed E-state index contributed by atoms with van der Waals surface area (Å²) >= 11 is 0. The molecule has 2 amide bonds. The lowest BCUT2D eigenvalue weighted by Gasteiger charge is -2.36. The zero-order valence-corrected chi connectivity index (χ0v) is 21.6. The predicted molar refractivity (Wildman–Crippen MR) is 147 cm³/mol. The molecular weight excluding hydrogens is 462 g/mol. The minimum atomic E-state index is -0.0118. The molecule has 1 aliphatic rings. The van der Waals surface area contributed by atoms with E-state index in [1.165, 1.54) is 22.3 Å². The molecular formula is C31H37N3O3. The van der Waals surface area contributed by atoms with E-state index in [1.54, 1.807) is 19.1 Å². The molecule has 1 fully saturated rings. The van der Waals surface area contributed by atoms with E-state index in [-0.39, 0.29) is 23.6 Å². The monoisotopic (exact) mass is 499 g/mol. The van der Waals surface area contributed by atoms with Gasteiger partial charge in [0, 0.05) is 45.6 Å². The Morgan fingerprint density at radius 1 is 0.919 bits per heavy atom. The first kappa shape index (κ1) is 26.4. The predicted octanol–water partition coefficient (Wildman–Crippen LogP) is 3.64. The average Bonchev–Trinajstić information content (AvgIpc) is 2.90. The van der Waals surface area contributed by atoms with Gasteiger partial charge in [0.05, 0.1) is 0 Å².